The van der Waals surface area contributed by atoms with E-state index in [-0.39, 0.29) is 40.6 Å². The third kappa shape index (κ3) is 3.84. The lowest BCUT2D eigenvalue weighted by Gasteiger charge is -2.58. The van der Waals surface area contributed by atoms with Crippen molar-refractivity contribution in [2.75, 3.05) is 6.61 Å². The molecule has 35 heavy (non-hydrogen) atoms. The van der Waals surface area contributed by atoms with Crippen molar-refractivity contribution >= 4 is 17.7 Å². The van der Waals surface area contributed by atoms with Crippen LogP contribution in [0.1, 0.15) is 79.6 Å². The van der Waals surface area contributed by atoms with Crippen LogP contribution in [0.4, 0.5) is 0 Å². The largest absolute Gasteiger partial charge is 0.465 e. The maximum Gasteiger partial charge on any atom is 0.333 e. The number of ether oxygens (including phenoxy) is 2. The zero-order chi connectivity index (χ0) is 25.1. The molecular formula is C30H40O5. The Morgan fingerprint density at radius 3 is 2.66 bits per heavy atom. The van der Waals surface area contributed by atoms with Crippen LogP contribution in [-0.2, 0) is 23.9 Å². The first-order valence-corrected chi connectivity index (χ1v) is 13.5. The van der Waals surface area contributed by atoms with Crippen LogP contribution in [0.5, 0.6) is 0 Å². The van der Waals surface area contributed by atoms with Crippen molar-refractivity contribution in [2.24, 2.45) is 40.4 Å². The third-order valence-electron chi connectivity index (χ3n) is 10.8. The molecule has 3 saturated carbocycles. The molecule has 1 aliphatic heterocycles. The summed E-state index contributed by atoms with van der Waals surface area (Å²) in [7, 11) is 0. The lowest BCUT2D eigenvalue weighted by Crippen LogP contribution is -2.53. The Bertz CT molecular complexity index is 1030. The van der Waals surface area contributed by atoms with E-state index in [2.05, 4.69) is 19.9 Å². The summed E-state index contributed by atoms with van der Waals surface area (Å²) in [5.74, 6) is 1.82. The van der Waals surface area contributed by atoms with Crippen molar-refractivity contribution in [3.63, 3.8) is 0 Å². The van der Waals surface area contributed by atoms with Crippen LogP contribution in [0.15, 0.2) is 34.9 Å². The van der Waals surface area contributed by atoms with E-state index in [1.165, 1.54) is 12.5 Å². The number of hydrogen-bond donors (Lipinski definition) is 0. The summed E-state index contributed by atoms with van der Waals surface area (Å²) in [5.41, 5.74) is 3.05. The normalized spacial score (nSPS) is 41.4. The molecule has 0 bridgehead atoms. The van der Waals surface area contributed by atoms with Crippen molar-refractivity contribution in [1.82, 2.24) is 0 Å². The number of rotatable bonds is 4. The predicted octanol–water partition coefficient (Wildman–Crippen LogP) is 5.74. The minimum atomic E-state index is -0.216. The molecule has 0 aromatic rings. The van der Waals surface area contributed by atoms with Gasteiger partial charge in [0.25, 0.3) is 0 Å². The quantitative estimate of drug-likeness (QED) is 0.480. The molecule has 0 aromatic carbocycles. The van der Waals surface area contributed by atoms with Gasteiger partial charge in [-0.25, -0.2) is 4.79 Å². The molecule has 0 saturated heterocycles. The van der Waals surface area contributed by atoms with Gasteiger partial charge in [0.1, 0.15) is 6.10 Å². The van der Waals surface area contributed by atoms with E-state index in [1.807, 2.05) is 19.9 Å². The van der Waals surface area contributed by atoms with Crippen LogP contribution in [0, 0.1) is 40.4 Å². The second kappa shape index (κ2) is 8.74. The van der Waals surface area contributed by atoms with Gasteiger partial charge in [0, 0.05) is 29.7 Å². The Morgan fingerprint density at radius 2 is 1.94 bits per heavy atom. The zero-order valence-electron chi connectivity index (χ0n) is 21.9. The number of ketones is 1. The van der Waals surface area contributed by atoms with Gasteiger partial charge in [0.05, 0.1) is 6.61 Å². The van der Waals surface area contributed by atoms with E-state index < -0.39 is 0 Å². The summed E-state index contributed by atoms with van der Waals surface area (Å²) in [5, 5.41) is 0. The topological polar surface area (TPSA) is 69.7 Å². The fourth-order valence-corrected chi connectivity index (χ4v) is 8.81. The Kier molecular flexibility index (Phi) is 6.12. The second-order valence-electron chi connectivity index (χ2n) is 12.3. The standard InChI is InChI=1S/C30H40O5/c1-17-14-27(35-28(33)18(17)2)19(3)24-8-9-26-23-7-6-21-15-22(32)10-12-29(21,5)25(23)11-13-30(24,26)16-34-20(4)31/h10,12,15,19,23-27H,6-9,11,13-14,16H2,1-5H3. The van der Waals surface area contributed by atoms with Crippen LogP contribution >= 0.6 is 0 Å². The molecule has 5 rings (SSSR count). The predicted molar refractivity (Wildman–Crippen MR) is 133 cm³/mol. The van der Waals surface area contributed by atoms with Gasteiger partial charge < -0.3 is 9.47 Å². The van der Waals surface area contributed by atoms with Crippen LogP contribution < -0.4 is 0 Å². The molecule has 3 fully saturated rings. The first-order valence-electron chi connectivity index (χ1n) is 13.5. The highest BCUT2D eigenvalue weighted by Crippen LogP contribution is 2.67. The van der Waals surface area contributed by atoms with Crippen LogP contribution in [-0.4, -0.2) is 30.4 Å². The minimum absolute atomic E-state index is 0.0492. The highest BCUT2D eigenvalue weighted by Gasteiger charge is 2.62. The van der Waals surface area contributed by atoms with Crippen LogP contribution in [0.25, 0.3) is 0 Å². The van der Waals surface area contributed by atoms with Gasteiger partial charge in [0.2, 0.25) is 0 Å². The first-order chi connectivity index (χ1) is 16.6. The number of fused-ring (bicyclic) bond motifs is 5. The number of carbonyl (C=O) groups excluding carboxylic acids is 3. The SMILES string of the molecule is CC(=O)OCC12CCC3C(CCC4=CC(=O)C=CC43C)C1CCC2C(C)C1CC(C)=C(C)C(=O)O1. The van der Waals surface area contributed by atoms with Gasteiger partial charge >= 0.3 is 11.9 Å². The number of allylic oxidation sites excluding steroid dienone is 4. The summed E-state index contributed by atoms with van der Waals surface area (Å²) in [4.78, 5) is 36.6. The van der Waals surface area contributed by atoms with Gasteiger partial charge in [-0.05, 0) is 94.1 Å². The highest BCUT2D eigenvalue weighted by molar-refractivity contribution is 6.01. The molecule has 190 valence electrons. The Labute approximate surface area is 209 Å². The van der Waals surface area contributed by atoms with E-state index in [4.69, 9.17) is 9.47 Å². The molecule has 5 nitrogen and oxygen atoms in total. The molecule has 0 N–H and O–H groups in total. The average molecular weight is 481 g/mol. The lowest BCUT2D eigenvalue weighted by atomic mass is 9.47. The van der Waals surface area contributed by atoms with Crippen molar-refractivity contribution in [1.29, 1.82) is 0 Å². The van der Waals surface area contributed by atoms with E-state index in [0.717, 1.165) is 56.1 Å². The Balaban J connectivity index is 1.45. The molecule has 8 unspecified atom stereocenters. The smallest absolute Gasteiger partial charge is 0.333 e. The zero-order valence-corrected chi connectivity index (χ0v) is 21.9. The molecule has 0 aromatic heterocycles. The third-order valence-corrected chi connectivity index (χ3v) is 10.8. The number of hydrogen-bond acceptors (Lipinski definition) is 5. The van der Waals surface area contributed by atoms with Gasteiger partial charge in [-0.2, -0.15) is 0 Å². The van der Waals surface area contributed by atoms with E-state index >= 15 is 0 Å². The molecule has 1 heterocycles. The Morgan fingerprint density at radius 1 is 1.17 bits per heavy atom. The molecule has 5 aliphatic rings. The van der Waals surface area contributed by atoms with Gasteiger partial charge in [0.15, 0.2) is 5.78 Å². The molecule has 5 heteroatoms. The maximum atomic E-state index is 12.5. The highest BCUT2D eigenvalue weighted by atomic mass is 16.5. The van der Waals surface area contributed by atoms with E-state index in [0.29, 0.717) is 30.3 Å². The number of esters is 2. The number of carbonyl (C=O) groups is 3. The van der Waals surface area contributed by atoms with Crippen LogP contribution in [0.2, 0.25) is 0 Å². The molecule has 0 spiro atoms. The summed E-state index contributed by atoms with van der Waals surface area (Å²) in [6.45, 7) is 10.4. The van der Waals surface area contributed by atoms with E-state index in [9.17, 15) is 14.4 Å². The van der Waals surface area contributed by atoms with Gasteiger partial charge in [-0.1, -0.05) is 31.1 Å². The van der Waals surface area contributed by atoms with Crippen molar-refractivity contribution in [3.8, 4) is 0 Å². The van der Waals surface area contributed by atoms with Gasteiger partial charge in [-0.3, -0.25) is 9.59 Å². The summed E-state index contributed by atoms with van der Waals surface area (Å²) in [6.07, 6.45) is 12.9. The number of cyclic esters (lactones) is 1. The molecule has 0 amide bonds. The fraction of sp³-hybridized carbons (Fsp3) is 0.700. The first kappa shape index (κ1) is 24.5. The van der Waals surface area contributed by atoms with Crippen molar-refractivity contribution < 1.29 is 23.9 Å². The average Bonchev–Trinajstić information content (AvgIpc) is 3.20. The lowest BCUT2D eigenvalue weighted by molar-refractivity contribution is -0.159. The maximum absolute atomic E-state index is 12.5. The van der Waals surface area contributed by atoms with Crippen molar-refractivity contribution in [3.05, 3.63) is 34.9 Å². The second-order valence-corrected chi connectivity index (χ2v) is 12.3. The van der Waals surface area contributed by atoms with E-state index in [1.54, 1.807) is 6.08 Å². The molecule has 8 atom stereocenters. The molecule has 0 radical (unpaired) electrons. The summed E-state index contributed by atoms with van der Waals surface area (Å²) in [6, 6.07) is 0. The van der Waals surface area contributed by atoms with Gasteiger partial charge in [-0.15, -0.1) is 0 Å². The molecular weight excluding hydrogens is 440 g/mol. The monoisotopic (exact) mass is 480 g/mol. The summed E-state index contributed by atoms with van der Waals surface area (Å²) < 4.78 is 11.8. The fourth-order valence-electron chi connectivity index (χ4n) is 8.81. The van der Waals surface area contributed by atoms with Crippen LogP contribution in [0.3, 0.4) is 0 Å². The molecule has 4 aliphatic carbocycles. The van der Waals surface area contributed by atoms with Crippen molar-refractivity contribution in [2.45, 2.75) is 85.7 Å². The Hall–Kier alpha value is -2.17. The minimum Gasteiger partial charge on any atom is -0.465 e. The summed E-state index contributed by atoms with van der Waals surface area (Å²) >= 11 is 0.